The molecule has 26 heavy (non-hydrogen) atoms. The van der Waals surface area contributed by atoms with Gasteiger partial charge in [0.2, 0.25) is 0 Å². The summed E-state index contributed by atoms with van der Waals surface area (Å²) in [4.78, 5) is 20.1. The minimum Gasteiger partial charge on any atom is -0.384 e. The number of nitrogens with zero attached hydrogens (tertiary/aromatic N) is 2. The fourth-order valence-electron chi connectivity index (χ4n) is 2.62. The molecule has 2 heterocycles. The quantitative estimate of drug-likeness (QED) is 0.501. The summed E-state index contributed by atoms with van der Waals surface area (Å²) < 4.78 is 38.1. The van der Waals surface area contributed by atoms with Gasteiger partial charge in [-0.05, 0) is 35.6 Å². The molecule has 0 fully saturated rings. The molecule has 0 bridgehead atoms. The van der Waals surface area contributed by atoms with Crippen molar-refractivity contribution in [3.63, 3.8) is 0 Å². The number of halogens is 3. The molecule has 2 N–H and O–H groups in total. The summed E-state index contributed by atoms with van der Waals surface area (Å²) in [5, 5.41) is 5.56. The van der Waals surface area contributed by atoms with Crippen LogP contribution in [-0.2, 0) is 28.8 Å². The van der Waals surface area contributed by atoms with Crippen LogP contribution in [0, 0.1) is 0 Å². The first-order valence-corrected chi connectivity index (χ1v) is 8.68. The molecule has 1 aliphatic heterocycles. The number of oxime groups is 1. The van der Waals surface area contributed by atoms with Gasteiger partial charge in [0.15, 0.2) is 12.4 Å². The van der Waals surface area contributed by atoms with Gasteiger partial charge in [-0.1, -0.05) is 17.3 Å². The van der Waals surface area contributed by atoms with E-state index in [2.05, 4.69) is 5.16 Å². The predicted molar refractivity (Wildman–Crippen MR) is 91.6 cm³/mol. The second-order valence-electron chi connectivity index (χ2n) is 5.76. The van der Waals surface area contributed by atoms with Crippen molar-refractivity contribution in [1.82, 2.24) is 4.90 Å². The maximum atomic E-state index is 12.7. The minimum absolute atomic E-state index is 0.0770. The van der Waals surface area contributed by atoms with Crippen molar-refractivity contribution in [2.45, 2.75) is 19.1 Å². The molecule has 1 aromatic heterocycles. The van der Waals surface area contributed by atoms with Crippen molar-refractivity contribution in [3.8, 4) is 0 Å². The Hall–Kier alpha value is -2.55. The Labute approximate surface area is 151 Å². The molecule has 1 aromatic carbocycles. The highest BCUT2D eigenvalue weighted by Gasteiger charge is 2.30. The van der Waals surface area contributed by atoms with E-state index in [1.807, 2.05) is 11.4 Å². The third-order valence-corrected chi connectivity index (χ3v) is 5.02. The molecule has 0 atom stereocenters. The van der Waals surface area contributed by atoms with E-state index in [9.17, 15) is 18.0 Å². The topological polar surface area (TPSA) is 67.9 Å². The molecule has 2 aromatic rings. The number of benzene rings is 1. The number of amides is 1. The fourth-order valence-corrected chi connectivity index (χ4v) is 3.51. The van der Waals surface area contributed by atoms with Crippen LogP contribution in [-0.4, -0.2) is 29.8 Å². The molecule has 0 saturated heterocycles. The van der Waals surface area contributed by atoms with Crippen LogP contribution < -0.4 is 5.73 Å². The molecular weight excluding hydrogens is 367 g/mol. The van der Waals surface area contributed by atoms with E-state index in [1.165, 1.54) is 17.0 Å². The molecule has 0 unspecified atom stereocenters. The van der Waals surface area contributed by atoms with Crippen LogP contribution in [0.2, 0.25) is 0 Å². The average molecular weight is 383 g/mol. The Morgan fingerprint density at radius 3 is 2.92 bits per heavy atom. The van der Waals surface area contributed by atoms with E-state index in [1.54, 1.807) is 16.2 Å². The number of carbonyl (C=O) groups is 1. The molecule has 5 nitrogen and oxygen atoms in total. The molecule has 0 aliphatic carbocycles. The van der Waals surface area contributed by atoms with E-state index in [0.29, 0.717) is 13.1 Å². The lowest BCUT2D eigenvalue weighted by Crippen LogP contribution is -2.37. The van der Waals surface area contributed by atoms with Crippen LogP contribution in [0.4, 0.5) is 13.2 Å². The van der Waals surface area contributed by atoms with E-state index in [4.69, 9.17) is 10.6 Å². The SMILES string of the molecule is NC(=NOCC(=O)N1CCc2sccc2C1)c1cccc(C(F)(F)F)c1. The molecule has 0 radical (unpaired) electrons. The number of alkyl halides is 3. The molecule has 3 rings (SSSR count). The maximum Gasteiger partial charge on any atom is 0.416 e. The molecular formula is C17H16F3N3O2S. The summed E-state index contributed by atoms with van der Waals surface area (Å²) >= 11 is 1.67. The first kappa shape index (κ1) is 18.2. The van der Waals surface area contributed by atoms with E-state index < -0.39 is 11.7 Å². The van der Waals surface area contributed by atoms with Crippen molar-refractivity contribution in [1.29, 1.82) is 0 Å². The summed E-state index contributed by atoms with van der Waals surface area (Å²) in [7, 11) is 0. The smallest absolute Gasteiger partial charge is 0.384 e. The summed E-state index contributed by atoms with van der Waals surface area (Å²) in [6, 6.07) is 6.44. The monoisotopic (exact) mass is 383 g/mol. The number of thiophene rings is 1. The van der Waals surface area contributed by atoms with Crippen LogP contribution in [0.15, 0.2) is 40.9 Å². The van der Waals surface area contributed by atoms with Gasteiger partial charge >= 0.3 is 6.18 Å². The first-order chi connectivity index (χ1) is 12.3. The van der Waals surface area contributed by atoms with Gasteiger partial charge in [0, 0.05) is 23.5 Å². The number of rotatable bonds is 4. The standard InChI is InChI=1S/C17H16F3N3O2S/c18-17(19,20)13-3-1-2-11(8-13)16(21)22-25-10-15(24)23-6-4-14-12(9-23)5-7-26-14/h1-3,5,7-8H,4,6,9-10H2,(H2,21,22). The highest BCUT2D eigenvalue weighted by molar-refractivity contribution is 7.10. The van der Waals surface area contributed by atoms with Crippen molar-refractivity contribution in [2.75, 3.05) is 13.2 Å². The van der Waals surface area contributed by atoms with E-state index in [-0.39, 0.29) is 23.9 Å². The summed E-state index contributed by atoms with van der Waals surface area (Å²) in [5.41, 5.74) is 6.03. The van der Waals surface area contributed by atoms with Crippen molar-refractivity contribution in [2.24, 2.45) is 10.9 Å². The lowest BCUT2D eigenvalue weighted by molar-refractivity contribution is -0.138. The maximum absolute atomic E-state index is 12.7. The molecule has 1 aliphatic rings. The van der Waals surface area contributed by atoms with Crippen molar-refractivity contribution >= 4 is 23.1 Å². The zero-order valence-electron chi connectivity index (χ0n) is 13.6. The van der Waals surface area contributed by atoms with Crippen molar-refractivity contribution < 1.29 is 22.8 Å². The summed E-state index contributed by atoms with van der Waals surface area (Å²) in [6.45, 7) is 0.801. The van der Waals surface area contributed by atoms with Gasteiger partial charge in [-0.3, -0.25) is 4.79 Å². The van der Waals surface area contributed by atoms with Crippen LogP contribution in [0.5, 0.6) is 0 Å². The van der Waals surface area contributed by atoms with Gasteiger partial charge in [0.1, 0.15) is 0 Å². The minimum atomic E-state index is -4.47. The van der Waals surface area contributed by atoms with Gasteiger partial charge in [-0.25, -0.2) is 0 Å². The highest BCUT2D eigenvalue weighted by Crippen LogP contribution is 2.29. The summed E-state index contributed by atoms with van der Waals surface area (Å²) in [6.07, 6.45) is -3.67. The van der Waals surface area contributed by atoms with Gasteiger partial charge in [-0.15, -0.1) is 11.3 Å². The third-order valence-electron chi connectivity index (χ3n) is 4.00. The van der Waals surface area contributed by atoms with E-state index in [0.717, 1.165) is 24.1 Å². The number of amidine groups is 1. The number of fused-ring (bicyclic) bond motifs is 1. The normalized spacial score (nSPS) is 14.9. The Kier molecular flexibility index (Phi) is 5.17. The van der Waals surface area contributed by atoms with Gasteiger partial charge < -0.3 is 15.5 Å². The molecule has 0 saturated carbocycles. The fraction of sp³-hybridized carbons (Fsp3) is 0.294. The van der Waals surface area contributed by atoms with Gasteiger partial charge in [-0.2, -0.15) is 13.2 Å². The van der Waals surface area contributed by atoms with Crippen LogP contribution in [0.1, 0.15) is 21.6 Å². The lowest BCUT2D eigenvalue weighted by atomic mass is 10.1. The summed E-state index contributed by atoms with van der Waals surface area (Å²) in [5.74, 6) is -0.467. The van der Waals surface area contributed by atoms with Crippen molar-refractivity contribution in [3.05, 3.63) is 57.3 Å². The predicted octanol–water partition coefficient (Wildman–Crippen LogP) is 2.99. The van der Waals surface area contributed by atoms with Crippen LogP contribution in [0.3, 0.4) is 0 Å². The Bertz CT molecular complexity index is 833. The molecule has 1 amide bonds. The number of nitrogens with two attached hydrogens (primary N) is 1. The lowest BCUT2D eigenvalue weighted by Gasteiger charge is -2.26. The highest BCUT2D eigenvalue weighted by atomic mass is 32.1. The molecule has 138 valence electrons. The second kappa shape index (κ2) is 7.36. The third kappa shape index (κ3) is 4.16. The zero-order chi connectivity index (χ0) is 18.7. The van der Waals surface area contributed by atoms with Gasteiger partial charge in [0.25, 0.3) is 5.91 Å². The molecule has 0 spiro atoms. The first-order valence-electron chi connectivity index (χ1n) is 7.80. The molecule has 9 heteroatoms. The van der Waals surface area contributed by atoms with E-state index >= 15 is 0 Å². The Morgan fingerprint density at radius 1 is 1.35 bits per heavy atom. The second-order valence-corrected chi connectivity index (χ2v) is 6.76. The van der Waals surface area contributed by atoms with Crippen LogP contribution in [0.25, 0.3) is 0 Å². The number of hydrogen-bond acceptors (Lipinski definition) is 4. The Balaban J connectivity index is 1.57. The largest absolute Gasteiger partial charge is 0.416 e. The number of hydrogen-bond donors (Lipinski definition) is 1. The average Bonchev–Trinajstić information content (AvgIpc) is 3.08. The zero-order valence-corrected chi connectivity index (χ0v) is 14.4. The van der Waals surface area contributed by atoms with Crippen LogP contribution >= 0.6 is 11.3 Å². The number of carbonyl (C=O) groups excluding carboxylic acids is 1. The Morgan fingerprint density at radius 2 is 2.15 bits per heavy atom. The van der Waals surface area contributed by atoms with Gasteiger partial charge in [0.05, 0.1) is 5.56 Å².